The molecule has 0 aliphatic carbocycles. The first-order valence-electron chi connectivity index (χ1n) is 8.25. The molecule has 0 saturated carbocycles. The van der Waals surface area contributed by atoms with E-state index in [9.17, 15) is 13.6 Å². The number of hydrogen-bond acceptors (Lipinski definition) is 3. The van der Waals surface area contributed by atoms with Gasteiger partial charge in [-0.3, -0.25) is 9.48 Å². The fourth-order valence-electron chi connectivity index (χ4n) is 2.92. The minimum atomic E-state index is -2.75. The number of carbonyl (C=O) groups excluding carboxylic acids is 1. The van der Waals surface area contributed by atoms with Gasteiger partial charge in [0.15, 0.2) is 5.69 Å². The van der Waals surface area contributed by atoms with Crippen LogP contribution in [0.1, 0.15) is 53.5 Å². The summed E-state index contributed by atoms with van der Waals surface area (Å²) in [6.07, 6.45) is -1.50. The zero-order valence-corrected chi connectivity index (χ0v) is 14.4. The molecule has 0 fully saturated rings. The molecule has 1 amide bonds. The molecule has 2 heterocycles. The van der Waals surface area contributed by atoms with Crippen molar-refractivity contribution in [1.82, 2.24) is 15.1 Å². The van der Waals surface area contributed by atoms with Crippen molar-refractivity contribution in [2.45, 2.75) is 39.8 Å². The molecule has 1 aromatic carbocycles. The molecule has 0 unspecified atom stereocenters. The molecule has 0 radical (unpaired) electrons. The summed E-state index contributed by atoms with van der Waals surface area (Å²) in [4.78, 5) is 12.5. The Hall–Kier alpha value is -2.44. The van der Waals surface area contributed by atoms with E-state index in [-0.39, 0.29) is 29.8 Å². The Bertz CT molecular complexity index is 787. The Labute approximate surface area is 145 Å². The maximum absolute atomic E-state index is 13.3. The third-order valence-electron chi connectivity index (χ3n) is 4.04. The van der Waals surface area contributed by atoms with Gasteiger partial charge in [0.2, 0.25) is 0 Å². The van der Waals surface area contributed by atoms with Crippen LogP contribution in [0.3, 0.4) is 0 Å². The van der Waals surface area contributed by atoms with E-state index >= 15 is 0 Å². The highest BCUT2D eigenvalue weighted by Gasteiger charge is 2.29. The highest BCUT2D eigenvalue weighted by molar-refractivity contribution is 5.94. The summed E-state index contributed by atoms with van der Waals surface area (Å²) in [5.74, 6) is 0.329. The SMILES string of the molecule is Cc1ccc2c(c1)[C@@H](NC(=O)c1nn(CC(C)C)cc1C(F)F)CO2. The number of ether oxygens (including phenoxy) is 1. The van der Waals surface area contributed by atoms with E-state index in [0.717, 1.165) is 11.1 Å². The van der Waals surface area contributed by atoms with E-state index in [4.69, 9.17) is 4.74 Å². The lowest BCUT2D eigenvalue weighted by Gasteiger charge is -2.12. The molecule has 5 nitrogen and oxygen atoms in total. The van der Waals surface area contributed by atoms with Crippen molar-refractivity contribution in [1.29, 1.82) is 0 Å². The molecule has 25 heavy (non-hydrogen) atoms. The highest BCUT2D eigenvalue weighted by Crippen LogP contribution is 2.33. The van der Waals surface area contributed by atoms with Gasteiger partial charge in [-0.2, -0.15) is 5.10 Å². The van der Waals surface area contributed by atoms with Gasteiger partial charge in [-0.05, 0) is 18.9 Å². The summed E-state index contributed by atoms with van der Waals surface area (Å²) < 4.78 is 33.5. The Morgan fingerprint density at radius 3 is 2.88 bits per heavy atom. The normalized spacial score (nSPS) is 16.2. The molecular weight excluding hydrogens is 328 g/mol. The number of carbonyl (C=O) groups is 1. The second-order valence-electron chi connectivity index (χ2n) is 6.73. The predicted octanol–water partition coefficient (Wildman–Crippen LogP) is 3.65. The molecule has 1 aliphatic rings. The Balaban J connectivity index is 1.82. The lowest BCUT2D eigenvalue weighted by Crippen LogP contribution is -2.30. The summed E-state index contributed by atoms with van der Waals surface area (Å²) in [7, 11) is 0. The first kappa shape index (κ1) is 17.4. The van der Waals surface area contributed by atoms with Crippen LogP contribution in [0.15, 0.2) is 24.4 Å². The quantitative estimate of drug-likeness (QED) is 0.896. The molecule has 2 aromatic rings. The molecule has 0 spiro atoms. The van der Waals surface area contributed by atoms with Crippen molar-refractivity contribution in [3.63, 3.8) is 0 Å². The van der Waals surface area contributed by atoms with Crippen molar-refractivity contribution < 1.29 is 18.3 Å². The smallest absolute Gasteiger partial charge is 0.272 e. The summed E-state index contributed by atoms with van der Waals surface area (Å²) in [6, 6.07) is 5.33. The monoisotopic (exact) mass is 349 g/mol. The third-order valence-corrected chi connectivity index (χ3v) is 4.04. The first-order valence-corrected chi connectivity index (χ1v) is 8.25. The molecule has 3 rings (SSSR count). The molecule has 7 heteroatoms. The van der Waals surface area contributed by atoms with Crippen LogP contribution < -0.4 is 10.1 Å². The second kappa shape index (κ2) is 6.82. The number of aryl methyl sites for hydroxylation is 1. The van der Waals surface area contributed by atoms with Gasteiger partial charge in [-0.15, -0.1) is 0 Å². The number of halogens is 2. The molecule has 134 valence electrons. The number of nitrogens with one attached hydrogen (secondary N) is 1. The molecular formula is C18H21F2N3O2. The molecule has 1 aliphatic heterocycles. The van der Waals surface area contributed by atoms with E-state index in [1.54, 1.807) is 0 Å². The highest BCUT2D eigenvalue weighted by atomic mass is 19.3. The van der Waals surface area contributed by atoms with Crippen LogP contribution in [0.25, 0.3) is 0 Å². The number of fused-ring (bicyclic) bond motifs is 1. The van der Waals surface area contributed by atoms with E-state index < -0.39 is 12.3 Å². The van der Waals surface area contributed by atoms with Gasteiger partial charge in [-0.1, -0.05) is 31.5 Å². The van der Waals surface area contributed by atoms with Crippen LogP contribution >= 0.6 is 0 Å². The number of nitrogens with zero attached hydrogens (tertiary/aromatic N) is 2. The van der Waals surface area contributed by atoms with E-state index in [1.807, 2.05) is 39.0 Å². The van der Waals surface area contributed by atoms with Gasteiger partial charge < -0.3 is 10.1 Å². The third kappa shape index (κ3) is 3.65. The van der Waals surface area contributed by atoms with E-state index in [0.29, 0.717) is 12.3 Å². The van der Waals surface area contributed by atoms with Crippen molar-refractivity contribution in [3.8, 4) is 5.75 Å². The Morgan fingerprint density at radius 1 is 1.44 bits per heavy atom. The van der Waals surface area contributed by atoms with Crippen LogP contribution in [-0.4, -0.2) is 22.3 Å². The predicted molar refractivity (Wildman–Crippen MR) is 88.9 cm³/mol. The Morgan fingerprint density at radius 2 is 2.20 bits per heavy atom. The fourth-order valence-corrected chi connectivity index (χ4v) is 2.92. The molecule has 1 N–H and O–H groups in total. The van der Waals surface area contributed by atoms with Gasteiger partial charge in [0.05, 0.1) is 11.6 Å². The number of rotatable bonds is 5. The molecule has 0 saturated heterocycles. The topological polar surface area (TPSA) is 56.2 Å². The van der Waals surface area contributed by atoms with Crippen molar-refractivity contribution in [2.24, 2.45) is 5.92 Å². The number of amides is 1. The largest absolute Gasteiger partial charge is 0.491 e. The fraction of sp³-hybridized carbons (Fsp3) is 0.444. The van der Waals surface area contributed by atoms with Crippen molar-refractivity contribution in [3.05, 3.63) is 46.8 Å². The van der Waals surface area contributed by atoms with Crippen LogP contribution in [-0.2, 0) is 6.54 Å². The summed E-state index contributed by atoms with van der Waals surface area (Å²) in [5, 5.41) is 6.84. The zero-order chi connectivity index (χ0) is 18.1. The van der Waals surface area contributed by atoms with Crippen LogP contribution in [0.2, 0.25) is 0 Å². The number of aromatic nitrogens is 2. The van der Waals surface area contributed by atoms with Gasteiger partial charge in [-0.25, -0.2) is 8.78 Å². The lowest BCUT2D eigenvalue weighted by molar-refractivity contribution is 0.0911. The van der Waals surface area contributed by atoms with E-state index in [1.165, 1.54) is 10.9 Å². The van der Waals surface area contributed by atoms with Crippen molar-refractivity contribution >= 4 is 5.91 Å². The van der Waals surface area contributed by atoms with Gasteiger partial charge in [0, 0.05) is 18.3 Å². The summed E-state index contributed by atoms with van der Waals surface area (Å²) in [5.41, 5.74) is 1.32. The lowest BCUT2D eigenvalue weighted by atomic mass is 10.1. The minimum Gasteiger partial charge on any atom is -0.491 e. The first-order chi connectivity index (χ1) is 11.8. The van der Waals surface area contributed by atoms with Crippen LogP contribution in [0, 0.1) is 12.8 Å². The molecule has 1 atom stereocenters. The Kier molecular flexibility index (Phi) is 4.74. The van der Waals surface area contributed by atoms with Crippen molar-refractivity contribution in [2.75, 3.05) is 6.61 Å². The van der Waals surface area contributed by atoms with Gasteiger partial charge >= 0.3 is 0 Å². The van der Waals surface area contributed by atoms with Gasteiger partial charge in [0.1, 0.15) is 12.4 Å². The maximum Gasteiger partial charge on any atom is 0.272 e. The standard InChI is InChI=1S/C18H21F2N3O2/c1-10(2)7-23-8-13(17(19)20)16(22-23)18(24)21-14-9-25-15-5-4-11(3)6-12(14)15/h4-6,8,10,14,17H,7,9H2,1-3H3,(H,21,24)/t14-/m0/s1. The summed E-state index contributed by atoms with van der Waals surface area (Å²) in [6.45, 7) is 6.61. The van der Waals surface area contributed by atoms with Crippen LogP contribution in [0.4, 0.5) is 8.78 Å². The second-order valence-corrected chi connectivity index (χ2v) is 6.73. The number of hydrogen-bond donors (Lipinski definition) is 1. The van der Waals surface area contributed by atoms with Crippen LogP contribution in [0.5, 0.6) is 5.75 Å². The number of alkyl halides is 2. The average Bonchev–Trinajstić information content (AvgIpc) is 3.11. The molecule has 0 bridgehead atoms. The van der Waals surface area contributed by atoms with E-state index in [2.05, 4.69) is 10.4 Å². The molecule has 1 aromatic heterocycles. The number of benzene rings is 1. The average molecular weight is 349 g/mol. The summed E-state index contributed by atoms with van der Waals surface area (Å²) >= 11 is 0. The zero-order valence-electron chi connectivity index (χ0n) is 14.4. The minimum absolute atomic E-state index is 0.225. The van der Waals surface area contributed by atoms with Gasteiger partial charge in [0.25, 0.3) is 12.3 Å². The maximum atomic E-state index is 13.3.